The van der Waals surface area contributed by atoms with E-state index in [0.29, 0.717) is 6.54 Å². The van der Waals surface area contributed by atoms with Crippen LogP contribution in [0.25, 0.3) is 0 Å². The predicted molar refractivity (Wildman–Crippen MR) is 68.4 cm³/mol. The molecule has 0 amide bonds. The van der Waals surface area contributed by atoms with Gasteiger partial charge in [-0.25, -0.2) is 0 Å². The summed E-state index contributed by atoms with van der Waals surface area (Å²) >= 11 is 3.39. The van der Waals surface area contributed by atoms with Gasteiger partial charge in [-0.05, 0) is 6.07 Å². The van der Waals surface area contributed by atoms with Crippen molar-refractivity contribution in [2.45, 2.75) is 19.1 Å². The third kappa shape index (κ3) is 4.85. The lowest BCUT2D eigenvalue weighted by Gasteiger charge is -2.12. The van der Waals surface area contributed by atoms with E-state index in [1.165, 1.54) is 7.11 Å². The van der Waals surface area contributed by atoms with Gasteiger partial charge in [-0.2, -0.15) is 0 Å². The lowest BCUT2D eigenvalue weighted by Crippen LogP contribution is -2.26. The maximum absolute atomic E-state index is 11.5. The zero-order valence-electron chi connectivity index (χ0n) is 9.69. The van der Waals surface area contributed by atoms with Crippen molar-refractivity contribution in [3.8, 4) is 0 Å². The number of hydrogen-bond acceptors (Lipinski definition) is 4. The molecule has 0 saturated carbocycles. The van der Waals surface area contributed by atoms with Crippen molar-refractivity contribution < 1.29 is 14.3 Å². The first kappa shape index (κ1) is 14.2. The average molecular weight is 302 g/mol. The van der Waals surface area contributed by atoms with Crippen LogP contribution in [0.4, 0.5) is 0 Å². The van der Waals surface area contributed by atoms with E-state index in [1.54, 1.807) is 0 Å². The molecule has 2 N–H and O–H groups in total. The molecule has 17 heavy (non-hydrogen) atoms. The Morgan fingerprint density at radius 3 is 2.76 bits per heavy atom. The summed E-state index contributed by atoms with van der Waals surface area (Å²) in [7, 11) is 1.53. The molecule has 0 aliphatic rings. The molecule has 0 radical (unpaired) electrons. The molecule has 0 spiro atoms. The van der Waals surface area contributed by atoms with Crippen LogP contribution in [0.1, 0.15) is 12.0 Å². The fraction of sp³-hybridized carbons (Fsp3) is 0.417. The molecule has 1 rings (SSSR count). The number of benzene rings is 1. The molecular formula is C12H16BrNO3. The van der Waals surface area contributed by atoms with Crippen molar-refractivity contribution >= 4 is 21.9 Å². The number of carbonyl (C=O) groups excluding carboxylic acids is 1. The van der Waals surface area contributed by atoms with Crippen LogP contribution in [-0.4, -0.2) is 25.7 Å². The van der Waals surface area contributed by atoms with E-state index >= 15 is 0 Å². The van der Waals surface area contributed by atoms with Gasteiger partial charge < -0.3 is 15.2 Å². The number of methoxy groups -OCH3 is 1. The summed E-state index contributed by atoms with van der Waals surface area (Å²) in [5.74, 6) is -0.307. The van der Waals surface area contributed by atoms with Crippen molar-refractivity contribution in [2.75, 3.05) is 13.7 Å². The van der Waals surface area contributed by atoms with Crippen molar-refractivity contribution in [1.82, 2.24) is 0 Å². The zero-order chi connectivity index (χ0) is 12.7. The first-order valence-corrected chi connectivity index (χ1v) is 6.08. The third-order valence-electron chi connectivity index (χ3n) is 2.34. The fourth-order valence-electron chi connectivity index (χ4n) is 1.28. The van der Waals surface area contributed by atoms with Crippen LogP contribution in [0.2, 0.25) is 0 Å². The predicted octanol–water partition coefficient (Wildman–Crippen LogP) is 1.86. The number of hydrogen-bond donors (Lipinski definition) is 1. The average Bonchev–Trinajstić information content (AvgIpc) is 2.35. The molecule has 1 atom stereocenters. The molecular weight excluding hydrogens is 286 g/mol. The second kappa shape index (κ2) is 7.42. The minimum atomic E-state index is -0.307. The van der Waals surface area contributed by atoms with E-state index in [-0.39, 0.29) is 25.1 Å². The number of rotatable bonds is 6. The van der Waals surface area contributed by atoms with Crippen LogP contribution < -0.4 is 5.73 Å². The van der Waals surface area contributed by atoms with E-state index in [4.69, 9.17) is 15.2 Å². The van der Waals surface area contributed by atoms with Gasteiger partial charge in [0, 0.05) is 23.7 Å². The van der Waals surface area contributed by atoms with E-state index < -0.39 is 0 Å². The fourth-order valence-corrected chi connectivity index (χ4v) is 1.68. The SMILES string of the molecule is COC(CN)CC(=O)OCc1ccccc1Br. The van der Waals surface area contributed by atoms with E-state index in [9.17, 15) is 4.79 Å². The number of nitrogens with two attached hydrogens (primary N) is 1. The lowest BCUT2D eigenvalue weighted by molar-refractivity contribution is -0.147. The van der Waals surface area contributed by atoms with Gasteiger partial charge in [0.25, 0.3) is 0 Å². The first-order valence-electron chi connectivity index (χ1n) is 5.29. The second-order valence-corrected chi connectivity index (χ2v) is 4.40. The Morgan fingerprint density at radius 1 is 1.47 bits per heavy atom. The van der Waals surface area contributed by atoms with Gasteiger partial charge in [0.2, 0.25) is 0 Å². The van der Waals surface area contributed by atoms with Gasteiger partial charge in [0.05, 0.1) is 12.5 Å². The number of carbonyl (C=O) groups is 1. The monoisotopic (exact) mass is 301 g/mol. The largest absolute Gasteiger partial charge is 0.461 e. The Bertz CT molecular complexity index is 367. The summed E-state index contributed by atoms with van der Waals surface area (Å²) in [5, 5.41) is 0. The molecule has 0 bridgehead atoms. The van der Waals surface area contributed by atoms with Crippen LogP contribution in [0.5, 0.6) is 0 Å². The highest BCUT2D eigenvalue weighted by Gasteiger charge is 2.12. The highest BCUT2D eigenvalue weighted by Crippen LogP contribution is 2.16. The van der Waals surface area contributed by atoms with E-state index in [1.807, 2.05) is 24.3 Å². The normalized spacial score (nSPS) is 12.2. The van der Waals surface area contributed by atoms with Crippen LogP contribution in [0, 0.1) is 0 Å². The van der Waals surface area contributed by atoms with E-state index in [0.717, 1.165) is 10.0 Å². The highest BCUT2D eigenvalue weighted by molar-refractivity contribution is 9.10. The number of ether oxygens (including phenoxy) is 2. The zero-order valence-corrected chi connectivity index (χ0v) is 11.3. The van der Waals surface area contributed by atoms with Crippen LogP contribution in [0.3, 0.4) is 0 Å². The molecule has 0 heterocycles. The summed E-state index contributed by atoms with van der Waals surface area (Å²) in [6, 6.07) is 7.60. The van der Waals surface area contributed by atoms with Gasteiger partial charge in [-0.1, -0.05) is 34.1 Å². The van der Waals surface area contributed by atoms with Gasteiger partial charge in [-0.3, -0.25) is 4.79 Å². The topological polar surface area (TPSA) is 61.5 Å². The molecule has 0 aliphatic carbocycles. The van der Waals surface area contributed by atoms with Crippen LogP contribution in [-0.2, 0) is 20.9 Å². The molecule has 4 nitrogen and oxygen atoms in total. The quantitative estimate of drug-likeness (QED) is 0.815. The molecule has 1 unspecified atom stereocenters. The van der Waals surface area contributed by atoms with Crippen LogP contribution in [0.15, 0.2) is 28.7 Å². The maximum atomic E-state index is 11.5. The van der Waals surface area contributed by atoms with Gasteiger partial charge in [0.1, 0.15) is 6.61 Å². The van der Waals surface area contributed by atoms with Gasteiger partial charge >= 0.3 is 5.97 Å². The smallest absolute Gasteiger partial charge is 0.308 e. The molecule has 5 heteroatoms. The molecule has 0 aliphatic heterocycles. The first-order chi connectivity index (χ1) is 8.17. The Morgan fingerprint density at radius 2 is 2.18 bits per heavy atom. The molecule has 0 aromatic heterocycles. The van der Waals surface area contributed by atoms with Crippen molar-refractivity contribution in [3.63, 3.8) is 0 Å². The second-order valence-electron chi connectivity index (χ2n) is 3.55. The number of halogens is 1. The minimum absolute atomic E-state index is 0.178. The highest BCUT2D eigenvalue weighted by atomic mass is 79.9. The number of esters is 1. The van der Waals surface area contributed by atoms with E-state index in [2.05, 4.69) is 15.9 Å². The molecule has 1 aromatic rings. The standard InChI is InChI=1S/C12H16BrNO3/c1-16-10(7-14)6-12(15)17-8-9-4-2-3-5-11(9)13/h2-5,10H,6-8,14H2,1H3. The third-order valence-corrected chi connectivity index (χ3v) is 3.11. The summed E-state index contributed by atoms with van der Waals surface area (Å²) in [4.78, 5) is 11.5. The van der Waals surface area contributed by atoms with Crippen molar-refractivity contribution in [2.24, 2.45) is 5.73 Å². The van der Waals surface area contributed by atoms with Crippen molar-refractivity contribution in [1.29, 1.82) is 0 Å². The summed E-state index contributed by atoms with van der Waals surface area (Å²) in [5.41, 5.74) is 6.36. The Labute approximate surface area is 109 Å². The molecule has 0 saturated heterocycles. The molecule has 94 valence electrons. The van der Waals surface area contributed by atoms with Crippen LogP contribution >= 0.6 is 15.9 Å². The van der Waals surface area contributed by atoms with Crippen molar-refractivity contribution in [3.05, 3.63) is 34.3 Å². The summed E-state index contributed by atoms with van der Waals surface area (Å²) in [6.07, 6.45) is -0.0982. The lowest BCUT2D eigenvalue weighted by atomic mass is 10.2. The Balaban J connectivity index is 2.41. The summed E-state index contributed by atoms with van der Waals surface area (Å²) < 4.78 is 11.1. The van der Waals surface area contributed by atoms with Gasteiger partial charge in [0.15, 0.2) is 0 Å². The Hall–Kier alpha value is -0.910. The Kier molecular flexibility index (Phi) is 6.18. The molecule has 0 fully saturated rings. The maximum Gasteiger partial charge on any atom is 0.308 e. The molecule has 1 aromatic carbocycles. The minimum Gasteiger partial charge on any atom is -0.461 e. The summed E-state index contributed by atoms with van der Waals surface area (Å²) in [6.45, 7) is 0.557. The van der Waals surface area contributed by atoms with Gasteiger partial charge in [-0.15, -0.1) is 0 Å².